The molecule has 0 fully saturated rings. The number of carbonyl (C=O) groups is 2. The molecule has 0 aromatic heterocycles. The van der Waals surface area contributed by atoms with E-state index in [9.17, 15) is 18.0 Å². The SMILES string of the molecule is CCNC(=O)C(Cc1ccccc1)N(Cc1c(Cl)cccc1Cl)C(=O)CN(c1ccc(OC)cc1)S(C)(=O)=O. The Balaban J connectivity index is 2.07. The van der Waals surface area contributed by atoms with E-state index in [0.717, 1.165) is 16.1 Å². The number of hydrogen-bond donors (Lipinski definition) is 1. The third-order valence-electron chi connectivity index (χ3n) is 6.05. The number of nitrogens with one attached hydrogen (secondary N) is 1. The van der Waals surface area contributed by atoms with Crippen LogP contribution in [0.2, 0.25) is 10.0 Å². The molecule has 3 aromatic carbocycles. The van der Waals surface area contributed by atoms with Gasteiger partial charge < -0.3 is 15.0 Å². The fraction of sp³-hybridized carbons (Fsp3) is 0.286. The van der Waals surface area contributed by atoms with Crippen LogP contribution in [0, 0.1) is 0 Å². The number of rotatable bonds is 12. The number of likely N-dealkylation sites (N-methyl/N-ethyl adjacent to an activating group) is 1. The summed E-state index contributed by atoms with van der Waals surface area (Å²) in [5.74, 6) is -0.444. The maximum atomic E-state index is 14.0. The molecule has 11 heteroatoms. The van der Waals surface area contributed by atoms with Crippen LogP contribution >= 0.6 is 23.2 Å². The molecule has 0 bridgehead atoms. The predicted octanol–water partition coefficient (Wildman–Crippen LogP) is 4.54. The molecule has 0 spiro atoms. The number of benzene rings is 3. The van der Waals surface area contributed by atoms with Gasteiger partial charge in [0.2, 0.25) is 21.8 Å². The molecule has 8 nitrogen and oxygen atoms in total. The van der Waals surface area contributed by atoms with Crippen LogP contribution in [-0.2, 0) is 32.6 Å². The molecule has 2 amide bonds. The van der Waals surface area contributed by atoms with Gasteiger partial charge in [0.1, 0.15) is 18.3 Å². The first-order chi connectivity index (χ1) is 18.5. The zero-order valence-electron chi connectivity index (χ0n) is 21.9. The third kappa shape index (κ3) is 8.11. The van der Waals surface area contributed by atoms with E-state index in [1.807, 2.05) is 30.3 Å². The highest BCUT2D eigenvalue weighted by molar-refractivity contribution is 7.92. The van der Waals surface area contributed by atoms with E-state index < -0.39 is 28.5 Å². The van der Waals surface area contributed by atoms with Crippen LogP contribution in [0.3, 0.4) is 0 Å². The van der Waals surface area contributed by atoms with Crippen LogP contribution in [0.5, 0.6) is 5.75 Å². The van der Waals surface area contributed by atoms with Crippen molar-refractivity contribution in [1.82, 2.24) is 10.2 Å². The van der Waals surface area contributed by atoms with Gasteiger partial charge in [0.25, 0.3) is 0 Å². The number of methoxy groups -OCH3 is 1. The maximum absolute atomic E-state index is 14.0. The molecular weight excluding hydrogens is 561 g/mol. The number of amides is 2. The quantitative estimate of drug-likeness (QED) is 0.333. The topological polar surface area (TPSA) is 96.0 Å². The standard InChI is InChI=1S/C28H31Cl2N3O5S/c1-4-31-28(35)26(17-20-9-6-5-7-10-20)32(18-23-24(29)11-8-12-25(23)30)27(34)19-33(39(3,36)37)21-13-15-22(38-2)16-14-21/h5-16,26H,4,17-19H2,1-3H3,(H,31,35). The van der Waals surface area contributed by atoms with E-state index in [2.05, 4.69) is 5.32 Å². The fourth-order valence-electron chi connectivity index (χ4n) is 4.06. The van der Waals surface area contributed by atoms with E-state index in [1.54, 1.807) is 49.4 Å². The second-order valence-corrected chi connectivity index (χ2v) is 11.5. The first-order valence-electron chi connectivity index (χ1n) is 12.2. The minimum Gasteiger partial charge on any atom is -0.497 e. The number of hydrogen-bond acceptors (Lipinski definition) is 5. The Kier molecular flexibility index (Phi) is 10.6. The molecule has 3 aromatic rings. The van der Waals surface area contributed by atoms with Crippen molar-refractivity contribution >= 4 is 50.7 Å². The minimum absolute atomic E-state index is 0.105. The summed E-state index contributed by atoms with van der Waals surface area (Å²) < 4.78 is 31.8. The van der Waals surface area contributed by atoms with Crippen molar-refractivity contribution in [2.24, 2.45) is 0 Å². The number of anilines is 1. The summed E-state index contributed by atoms with van der Waals surface area (Å²) in [6, 6.07) is 19.6. The van der Waals surface area contributed by atoms with Crippen LogP contribution in [0.15, 0.2) is 72.8 Å². The molecule has 0 radical (unpaired) electrons. The summed E-state index contributed by atoms with van der Waals surface area (Å²) in [7, 11) is -2.38. The molecule has 1 N–H and O–H groups in total. The fourth-order valence-corrected chi connectivity index (χ4v) is 5.43. The van der Waals surface area contributed by atoms with Crippen LogP contribution in [0.1, 0.15) is 18.1 Å². The van der Waals surface area contributed by atoms with Gasteiger partial charge in [-0.25, -0.2) is 8.42 Å². The van der Waals surface area contributed by atoms with Crippen molar-refractivity contribution in [3.8, 4) is 5.75 Å². The van der Waals surface area contributed by atoms with Crippen LogP contribution < -0.4 is 14.4 Å². The molecule has 39 heavy (non-hydrogen) atoms. The second-order valence-electron chi connectivity index (χ2n) is 8.79. The van der Waals surface area contributed by atoms with Crippen LogP contribution in [0.4, 0.5) is 5.69 Å². The first kappa shape index (κ1) is 30.3. The summed E-state index contributed by atoms with van der Waals surface area (Å²) in [5.41, 5.74) is 1.55. The number of halogens is 2. The molecule has 1 atom stereocenters. The molecule has 0 heterocycles. The first-order valence-corrected chi connectivity index (χ1v) is 14.8. The van der Waals surface area contributed by atoms with Crippen molar-refractivity contribution in [3.63, 3.8) is 0 Å². The predicted molar refractivity (Wildman–Crippen MR) is 155 cm³/mol. The highest BCUT2D eigenvalue weighted by Crippen LogP contribution is 2.28. The summed E-state index contributed by atoms with van der Waals surface area (Å²) in [4.78, 5) is 28.7. The van der Waals surface area contributed by atoms with Crippen LogP contribution in [-0.4, -0.2) is 57.6 Å². The monoisotopic (exact) mass is 591 g/mol. The molecular formula is C28H31Cl2N3O5S. The van der Waals surface area contributed by atoms with E-state index >= 15 is 0 Å². The van der Waals surface area contributed by atoms with Crippen molar-refractivity contribution in [2.75, 3.05) is 30.8 Å². The zero-order chi connectivity index (χ0) is 28.6. The summed E-state index contributed by atoms with van der Waals surface area (Å²) in [5, 5.41) is 3.45. The van der Waals surface area contributed by atoms with Gasteiger partial charge in [-0.1, -0.05) is 59.6 Å². The van der Waals surface area contributed by atoms with Gasteiger partial charge >= 0.3 is 0 Å². The van der Waals surface area contributed by atoms with E-state index in [1.165, 1.54) is 12.0 Å². The number of ether oxygens (including phenoxy) is 1. The Hall–Kier alpha value is -3.27. The molecule has 3 rings (SSSR count). The normalized spacial score (nSPS) is 11.9. The number of nitrogens with zero attached hydrogens (tertiary/aromatic N) is 2. The largest absolute Gasteiger partial charge is 0.497 e. The Morgan fingerprint density at radius 2 is 1.56 bits per heavy atom. The van der Waals surface area contributed by atoms with Gasteiger partial charge in [-0.2, -0.15) is 0 Å². The lowest BCUT2D eigenvalue weighted by molar-refractivity contribution is -0.140. The van der Waals surface area contributed by atoms with Gasteiger partial charge in [-0.05, 0) is 48.9 Å². The highest BCUT2D eigenvalue weighted by atomic mass is 35.5. The van der Waals surface area contributed by atoms with Gasteiger partial charge in [-0.15, -0.1) is 0 Å². The average Bonchev–Trinajstić information content (AvgIpc) is 2.90. The molecule has 0 saturated heterocycles. The van der Waals surface area contributed by atoms with Gasteiger partial charge in [0.05, 0.1) is 19.1 Å². The molecule has 1 unspecified atom stereocenters. The van der Waals surface area contributed by atoms with Gasteiger partial charge in [0.15, 0.2) is 0 Å². The van der Waals surface area contributed by atoms with Crippen LogP contribution in [0.25, 0.3) is 0 Å². The Labute approximate surface area is 239 Å². The Morgan fingerprint density at radius 3 is 2.10 bits per heavy atom. The summed E-state index contributed by atoms with van der Waals surface area (Å²) >= 11 is 12.9. The van der Waals surface area contributed by atoms with Crippen molar-refractivity contribution < 1.29 is 22.7 Å². The average molecular weight is 593 g/mol. The van der Waals surface area contributed by atoms with E-state index in [4.69, 9.17) is 27.9 Å². The highest BCUT2D eigenvalue weighted by Gasteiger charge is 2.33. The summed E-state index contributed by atoms with van der Waals surface area (Å²) in [6.45, 7) is 1.48. The van der Waals surface area contributed by atoms with Crippen molar-refractivity contribution in [1.29, 1.82) is 0 Å². The number of carbonyl (C=O) groups excluding carboxylic acids is 2. The lowest BCUT2D eigenvalue weighted by Gasteiger charge is -2.33. The van der Waals surface area contributed by atoms with Crippen molar-refractivity contribution in [2.45, 2.75) is 25.9 Å². The molecule has 0 aliphatic carbocycles. The third-order valence-corrected chi connectivity index (χ3v) is 7.90. The Morgan fingerprint density at radius 1 is 0.949 bits per heavy atom. The molecule has 0 aliphatic heterocycles. The number of sulfonamides is 1. The molecule has 208 valence electrons. The van der Waals surface area contributed by atoms with E-state index in [-0.39, 0.29) is 24.6 Å². The molecule has 0 aliphatic rings. The minimum atomic E-state index is -3.88. The molecule has 0 saturated carbocycles. The van der Waals surface area contributed by atoms with E-state index in [0.29, 0.717) is 27.9 Å². The zero-order valence-corrected chi connectivity index (χ0v) is 24.3. The Bertz CT molecular complexity index is 1370. The lowest BCUT2D eigenvalue weighted by Crippen LogP contribution is -2.53. The maximum Gasteiger partial charge on any atom is 0.244 e. The summed E-state index contributed by atoms with van der Waals surface area (Å²) in [6.07, 6.45) is 1.22. The van der Waals surface area contributed by atoms with Crippen molar-refractivity contribution in [3.05, 3.63) is 94.0 Å². The second kappa shape index (κ2) is 13.7. The van der Waals surface area contributed by atoms with Gasteiger partial charge in [-0.3, -0.25) is 13.9 Å². The smallest absolute Gasteiger partial charge is 0.244 e. The van der Waals surface area contributed by atoms with Gasteiger partial charge in [0, 0.05) is 35.1 Å². The lowest BCUT2D eigenvalue weighted by atomic mass is 10.0.